The van der Waals surface area contributed by atoms with Crippen molar-refractivity contribution in [3.63, 3.8) is 0 Å². The van der Waals surface area contributed by atoms with E-state index in [2.05, 4.69) is 169 Å². The first kappa shape index (κ1) is 37.7. The molecule has 0 unspecified atom stereocenters. The number of fused-ring (bicyclic) bond motifs is 7. The van der Waals surface area contributed by atoms with Gasteiger partial charge in [-0.05, 0) is 59.3 Å². The van der Waals surface area contributed by atoms with Crippen LogP contribution in [0.4, 0.5) is 11.4 Å². The molecule has 4 aliphatic rings. The van der Waals surface area contributed by atoms with E-state index in [1.807, 2.05) is 0 Å². The van der Waals surface area contributed by atoms with Crippen LogP contribution in [0.15, 0.2) is 109 Å². The van der Waals surface area contributed by atoms with Crippen LogP contribution in [0.3, 0.4) is 0 Å². The lowest BCUT2D eigenvalue weighted by Crippen LogP contribution is -2.63. The molecule has 0 aromatic heterocycles. The van der Waals surface area contributed by atoms with Crippen LogP contribution in [0.2, 0.25) is 51.4 Å². The lowest BCUT2D eigenvalue weighted by molar-refractivity contribution is 0.118. The van der Waals surface area contributed by atoms with Gasteiger partial charge in [-0.1, -0.05) is 136 Å². The Hall–Kier alpha value is -3.25. The van der Waals surface area contributed by atoms with Crippen LogP contribution >= 0.6 is 0 Å². The van der Waals surface area contributed by atoms with Gasteiger partial charge in [-0.2, -0.15) is 0 Å². The van der Waals surface area contributed by atoms with Crippen LogP contribution in [-0.4, -0.2) is 67.0 Å². The number of para-hydroxylation sites is 2. The molecule has 2 fully saturated rings. The highest BCUT2D eigenvalue weighted by Gasteiger charge is 2.74. The fraction of sp³-hybridized carbons (Fsp3) is 0.478. The molecule has 6 atom stereocenters. The third kappa shape index (κ3) is 7.03. The van der Waals surface area contributed by atoms with E-state index in [0.29, 0.717) is 0 Å². The molecule has 4 aliphatic heterocycles. The highest BCUT2D eigenvalue weighted by molar-refractivity contribution is 6.76. The maximum Gasteiger partial charge on any atom is 0.0911 e. The van der Waals surface area contributed by atoms with Gasteiger partial charge >= 0.3 is 0 Å². The van der Waals surface area contributed by atoms with Crippen LogP contribution in [0, 0.1) is 0 Å². The summed E-state index contributed by atoms with van der Waals surface area (Å²) < 4.78 is 13.2. The molecular weight excluding hydrogens is 697 g/mol. The van der Waals surface area contributed by atoms with Crippen molar-refractivity contribution >= 4 is 27.5 Å². The van der Waals surface area contributed by atoms with Crippen molar-refractivity contribution in [2.24, 2.45) is 0 Å². The molecule has 2 saturated heterocycles. The van der Waals surface area contributed by atoms with Crippen molar-refractivity contribution in [1.82, 2.24) is 10.6 Å². The molecule has 286 valence electrons. The first-order valence-corrected chi connectivity index (χ1v) is 27.9. The van der Waals surface area contributed by atoms with Gasteiger partial charge in [0.05, 0.1) is 25.5 Å². The van der Waals surface area contributed by atoms with Crippen molar-refractivity contribution in [1.29, 1.82) is 0 Å². The Kier molecular flexibility index (Phi) is 10.5. The number of hydrogen-bond donors (Lipinski definition) is 2. The summed E-state index contributed by atoms with van der Waals surface area (Å²) in [6, 6.07) is 43.7. The van der Waals surface area contributed by atoms with Gasteiger partial charge in [-0.15, -0.1) is 0 Å². The van der Waals surface area contributed by atoms with Crippen LogP contribution in [0.5, 0.6) is 0 Å². The van der Waals surface area contributed by atoms with Crippen molar-refractivity contribution in [3.8, 4) is 0 Å². The molecule has 0 saturated carbocycles. The second-order valence-electron chi connectivity index (χ2n) is 18.9. The lowest BCUT2D eigenvalue weighted by Gasteiger charge is -2.49. The number of hydrogen-bond acceptors (Lipinski definition) is 6. The van der Waals surface area contributed by atoms with E-state index in [0.717, 1.165) is 52.4 Å². The van der Waals surface area contributed by atoms with E-state index in [1.165, 1.54) is 45.7 Å². The Labute approximate surface area is 326 Å². The number of rotatable bonds is 15. The van der Waals surface area contributed by atoms with Crippen LogP contribution in [0.25, 0.3) is 0 Å². The van der Waals surface area contributed by atoms with E-state index in [-0.39, 0.29) is 35.2 Å². The van der Waals surface area contributed by atoms with E-state index in [9.17, 15) is 0 Å². The second-order valence-corrected chi connectivity index (χ2v) is 30.2. The predicted molar refractivity (Wildman–Crippen MR) is 230 cm³/mol. The Morgan fingerprint density at radius 2 is 0.907 bits per heavy atom. The molecule has 8 rings (SSSR count). The number of anilines is 2. The third-order valence-corrected chi connectivity index (χ3v) is 16.1. The maximum atomic E-state index is 6.61. The van der Waals surface area contributed by atoms with Crippen LogP contribution in [0.1, 0.15) is 35.1 Å². The highest BCUT2D eigenvalue weighted by Crippen LogP contribution is 2.68. The molecule has 0 radical (unpaired) electrons. The molecule has 0 bridgehead atoms. The number of ether oxygens (including phenoxy) is 2. The van der Waals surface area contributed by atoms with E-state index < -0.39 is 16.1 Å². The second kappa shape index (κ2) is 15.0. The van der Waals surface area contributed by atoms with Crippen molar-refractivity contribution < 1.29 is 9.47 Å². The summed E-state index contributed by atoms with van der Waals surface area (Å²) in [7, 11) is -2.40. The predicted octanol–water partition coefficient (Wildman–Crippen LogP) is 8.99. The molecule has 0 aliphatic carbocycles. The van der Waals surface area contributed by atoms with E-state index >= 15 is 0 Å². The lowest BCUT2D eigenvalue weighted by atomic mass is 9.54. The Morgan fingerprint density at radius 3 is 1.30 bits per heavy atom. The third-order valence-electron chi connectivity index (χ3n) is 12.7. The molecule has 0 spiro atoms. The van der Waals surface area contributed by atoms with Gasteiger partial charge in [0.15, 0.2) is 0 Å². The zero-order valence-corrected chi connectivity index (χ0v) is 35.5. The van der Waals surface area contributed by atoms with Crippen LogP contribution in [-0.2, 0) is 33.4 Å². The summed E-state index contributed by atoms with van der Waals surface area (Å²) in [5.74, 6) is 0. The molecule has 6 nitrogen and oxygen atoms in total. The quantitative estimate of drug-likeness (QED) is 0.0933. The number of benzene rings is 4. The summed E-state index contributed by atoms with van der Waals surface area (Å²) in [6.45, 7) is 19.5. The largest absolute Gasteiger partial charge is 0.380 e. The minimum absolute atomic E-state index is 0.0984. The van der Waals surface area contributed by atoms with E-state index in [1.54, 1.807) is 0 Å². The van der Waals surface area contributed by atoms with Crippen LogP contribution < -0.4 is 20.4 Å². The standard InChI is InChI=1S/C46H62N4O2Si2/c1-53(2,3)27-25-51-33-37-29-45(39-21-13-15-23-41(39)49(43(45)47-37)31-35-17-9-7-10-18-35)46-30-38(34-52-26-28-54(4,5)6)48-44(46)50(32-36-19-11-8-12-20-36)42-24-16-14-22-40(42)46/h7-24,37-38,43-44,47-48H,25-34H2,1-6H3/t37-,38-,43-,44-,45-,46-/m1/s1. The molecule has 4 aromatic carbocycles. The minimum atomic E-state index is -1.20. The molecular formula is C46H62N4O2Si2. The van der Waals surface area contributed by atoms with Gasteiger partial charge in [0, 0.05) is 76.7 Å². The average molecular weight is 759 g/mol. The first-order chi connectivity index (χ1) is 26.0. The molecule has 4 aromatic rings. The Bertz CT molecular complexity index is 1740. The average Bonchev–Trinajstić information content (AvgIpc) is 3.86. The zero-order valence-electron chi connectivity index (χ0n) is 33.5. The van der Waals surface area contributed by atoms with Crippen molar-refractivity contribution in [2.45, 2.75) is 113 Å². The van der Waals surface area contributed by atoms with Gasteiger partial charge in [0.1, 0.15) is 0 Å². The van der Waals surface area contributed by atoms with Gasteiger partial charge < -0.3 is 19.3 Å². The van der Waals surface area contributed by atoms with Gasteiger partial charge in [-0.3, -0.25) is 10.6 Å². The SMILES string of the molecule is C[Si](C)(C)CCOC[C@H]1C[C@@]2([C@@]34C[C@H](COCC[Si](C)(C)C)N[C@@H]3N(Cc3ccccc3)c3ccccc34)c3ccccc3N(Cc3ccccc3)[C@H]2N1. The first-order valence-electron chi connectivity index (χ1n) is 20.5. The van der Waals surface area contributed by atoms with Gasteiger partial charge in [0.2, 0.25) is 0 Å². The molecule has 54 heavy (non-hydrogen) atoms. The Morgan fingerprint density at radius 1 is 0.537 bits per heavy atom. The monoisotopic (exact) mass is 758 g/mol. The summed E-state index contributed by atoms with van der Waals surface area (Å²) in [5.41, 5.74) is 7.90. The van der Waals surface area contributed by atoms with E-state index in [4.69, 9.17) is 9.47 Å². The molecule has 2 N–H and O–H groups in total. The topological polar surface area (TPSA) is 49.0 Å². The smallest absolute Gasteiger partial charge is 0.0911 e. The Balaban J connectivity index is 1.25. The fourth-order valence-corrected chi connectivity index (χ4v) is 11.7. The summed E-state index contributed by atoms with van der Waals surface area (Å²) in [6.07, 6.45) is 2.23. The molecule has 0 amide bonds. The zero-order chi connectivity index (χ0) is 37.6. The minimum Gasteiger partial charge on any atom is -0.380 e. The molecule has 4 heterocycles. The summed E-state index contributed by atoms with van der Waals surface area (Å²) in [4.78, 5) is 5.41. The number of nitrogens with zero attached hydrogens (tertiary/aromatic N) is 2. The van der Waals surface area contributed by atoms with Crippen molar-refractivity contribution in [3.05, 3.63) is 131 Å². The summed E-state index contributed by atoms with van der Waals surface area (Å²) >= 11 is 0. The summed E-state index contributed by atoms with van der Waals surface area (Å²) in [5, 5.41) is 8.62. The fourth-order valence-electron chi connectivity index (χ4n) is 10.2. The normalized spacial score (nSPS) is 27.2. The highest BCUT2D eigenvalue weighted by atomic mass is 28.3. The number of nitrogens with one attached hydrogen (secondary N) is 2. The van der Waals surface area contributed by atoms with Gasteiger partial charge in [-0.25, -0.2) is 0 Å². The maximum absolute atomic E-state index is 6.61. The molecule has 8 heteroatoms. The van der Waals surface area contributed by atoms with Crippen molar-refractivity contribution in [2.75, 3.05) is 36.2 Å². The van der Waals surface area contributed by atoms with Gasteiger partial charge in [0.25, 0.3) is 0 Å².